The van der Waals surface area contributed by atoms with E-state index in [1.54, 1.807) is 20.7 Å². The largest absolute Gasteiger partial charge is 0.122 e. The maximum atomic E-state index is 4.33. The minimum Gasteiger partial charge on any atom is -0.103 e. The number of unbranched alkanes of at least 4 members (excludes halogenated alkanes) is 2. The van der Waals surface area contributed by atoms with Crippen molar-refractivity contribution in [2.75, 3.05) is 0 Å². The first-order valence-electron chi connectivity index (χ1n) is 13.1. The summed E-state index contributed by atoms with van der Waals surface area (Å²) in [6, 6.07) is 46.9. The SMILES string of the molecule is C=CC[Si](c1ccccc1)(c1ccccc1)C(CCCCC)[SiH](c1ccccc1)c1ccccc1. The van der Waals surface area contributed by atoms with Gasteiger partial charge in [0.1, 0.15) is 16.9 Å². The lowest BCUT2D eigenvalue weighted by molar-refractivity contribution is 0.681. The number of allylic oxidation sites excluding steroid dienone is 1. The third kappa shape index (κ3) is 5.66. The highest BCUT2D eigenvalue weighted by atomic mass is 28.4. The second-order valence-corrected chi connectivity index (χ2v) is 17.6. The van der Waals surface area contributed by atoms with Crippen molar-refractivity contribution >= 4 is 37.6 Å². The molecule has 0 nitrogen and oxygen atoms in total. The van der Waals surface area contributed by atoms with Crippen LogP contribution in [0.25, 0.3) is 0 Å². The van der Waals surface area contributed by atoms with Gasteiger partial charge < -0.3 is 0 Å². The van der Waals surface area contributed by atoms with Crippen LogP contribution >= 0.6 is 0 Å². The van der Waals surface area contributed by atoms with Gasteiger partial charge in [-0.05, 0) is 11.2 Å². The van der Waals surface area contributed by atoms with E-state index < -0.39 is 16.9 Å². The second kappa shape index (κ2) is 12.7. The molecular formula is C33H38Si2. The first-order valence-corrected chi connectivity index (χ1v) is 17.2. The van der Waals surface area contributed by atoms with Crippen LogP contribution in [-0.4, -0.2) is 16.9 Å². The number of rotatable bonds is 12. The molecule has 0 aliphatic carbocycles. The van der Waals surface area contributed by atoms with Crippen LogP contribution in [0.3, 0.4) is 0 Å². The van der Waals surface area contributed by atoms with Gasteiger partial charge in [-0.15, -0.1) is 6.58 Å². The highest BCUT2D eigenvalue weighted by Gasteiger charge is 2.47. The van der Waals surface area contributed by atoms with Crippen LogP contribution in [0.5, 0.6) is 0 Å². The summed E-state index contributed by atoms with van der Waals surface area (Å²) in [5.74, 6) is 0. The average Bonchev–Trinajstić information content (AvgIpc) is 2.93. The van der Waals surface area contributed by atoms with E-state index in [0.717, 1.165) is 6.04 Å². The van der Waals surface area contributed by atoms with Gasteiger partial charge >= 0.3 is 0 Å². The normalized spacial score (nSPS) is 12.4. The molecule has 0 heterocycles. The van der Waals surface area contributed by atoms with Crippen LogP contribution < -0.4 is 20.7 Å². The topological polar surface area (TPSA) is 0 Å². The Kier molecular flexibility index (Phi) is 9.11. The van der Waals surface area contributed by atoms with Crippen LogP contribution in [0.2, 0.25) is 11.2 Å². The van der Waals surface area contributed by atoms with Crippen molar-refractivity contribution in [3.05, 3.63) is 134 Å². The summed E-state index contributed by atoms with van der Waals surface area (Å²) in [6.45, 7) is 6.65. The van der Waals surface area contributed by atoms with Crippen molar-refractivity contribution < 1.29 is 0 Å². The fraction of sp³-hybridized carbons (Fsp3) is 0.212. The van der Waals surface area contributed by atoms with E-state index in [4.69, 9.17) is 0 Å². The van der Waals surface area contributed by atoms with Crippen molar-refractivity contribution in [2.24, 2.45) is 0 Å². The van der Waals surface area contributed by atoms with E-state index in [9.17, 15) is 0 Å². The predicted molar refractivity (Wildman–Crippen MR) is 160 cm³/mol. The van der Waals surface area contributed by atoms with Gasteiger partial charge in [-0.1, -0.05) is 181 Å². The van der Waals surface area contributed by atoms with Crippen LogP contribution in [0, 0.1) is 0 Å². The molecule has 4 aromatic rings. The molecule has 35 heavy (non-hydrogen) atoms. The Morgan fingerprint density at radius 2 is 1.09 bits per heavy atom. The van der Waals surface area contributed by atoms with Gasteiger partial charge in [0.25, 0.3) is 0 Å². The standard InChI is InChI=1S/C33H38Si2/c1-3-5-10-27-33(34(29-19-11-6-12-20-29)30-21-13-7-14-22-30)35(28-4-2,31-23-15-8-16-24-31)32-25-17-9-18-26-32/h4,6-9,11-26,33-34H,2-3,5,10,27-28H2,1H3. The van der Waals surface area contributed by atoms with E-state index in [2.05, 4.69) is 141 Å². The molecule has 1 unspecified atom stereocenters. The molecule has 0 radical (unpaired) electrons. The zero-order chi connectivity index (χ0) is 24.3. The molecule has 2 heteroatoms. The Bertz CT molecular complexity index is 1060. The maximum absolute atomic E-state index is 4.33. The average molecular weight is 491 g/mol. The van der Waals surface area contributed by atoms with E-state index in [-0.39, 0.29) is 0 Å². The molecule has 0 saturated carbocycles. The molecule has 0 spiro atoms. The summed E-state index contributed by atoms with van der Waals surface area (Å²) >= 11 is 0. The van der Waals surface area contributed by atoms with Crippen molar-refractivity contribution in [1.82, 2.24) is 0 Å². The summed E-state index contributed by atoms with van der Waals surface area (Å²) in [7, 11) is -3.80. The van der Waals surface area contributed by atoms with Gasteiger partial charge in [-0.2, -0.15) is 0 Å². The summed E-state index contributed by atoms with van der Waals surface area (Å²) < 4.78 is 0. The van der Waals surface area contributed by atoms with Crippen LogP contribution in [0.1, 0.15) is 32.6 Å². The molecule has 0 aliphatic heterocycles. The Balaban J connectivity index is 2.02. The zero-order valence-corrected chi connectivity index (χ0v) is 23.2. The molecule has 1 atom stereocenters. The summed E-state index contributed by atoms with van der Waals surface area (Å²) in [5.41, 5.74) is 0. The first kappa shape index (κ1) is 25.2. The van der Waals surface area contributed by atoms with Crippen LogP contribution in [-0.2, 0) is 0 Å². The van der Waals surface area contributed by atoms with Crippen LogP contribution in [0.15, 0.2) is 134 Å². The van der Waals surface area contributed by atoms with Gasteiger partial charge in [0.2, 0.25) is 0 Å². The molecule has 0 aliphatic rings. The Labute approximate surface area is 215 Å². The fourth-order valence-electron chi connectivity index (χ4n) is 5.97. The summed E-state index contributed by atoms with van der Waals surface area (Å²) in [5, 5.41) is 6.87. The Morgan fingerprint density at radius 3 is 1.49 bits per heavy atom. The van der Waals surface area contributed by atoms with E-state index in [0.29, 0.717) is 5.16 Å². The Hall–Kier alpha value is -2.95. The monoisotopic (exact) mass is 490 g/mol. The number of hydrogen-bond donors (Lipinski definition) is 0. The summed E-state index contributed by atoms with van der Waals surface area (Å²) in [6.07, 6.45) is 7.33. The van der Waals surface area contributed by atoms with E-state index >= 15 is 0 Å². The van der Waals surface area contributed by atoms with Gasteiger partial charge in [0.05, 0.1) is 0 Å². The minimum atomic E-state index is -2.21. The highest BCUT2D eigenvalue weighted by molar-refractivity contribution is 7.13. The molecular weight excluding hydrogens is 453 g/mol. The molecule has 4 rings (SSSR count). The molecule has 0 saturated heterocycles. The van der Waals surface area contributed by atoms with Crippen molar-refractivity contribution in [3.63, 3.8) is 0 Å². The minimum absolute atomic E-state index is 0.640. The molecule has 0 N–H and O–H groups in total. The molecule has 178 valence electrons. The van der Waals surface area contributed by atoms with Crippen LogP contribution in [0.4, 0.5) is 0 Å². The van der Waals surface area contributed by atoms with Gasteiger partial charge in [0.15, 0.2) is 0 Å². The van der Waals surface area contributed by atoms with Crippen molar-refractivity contribution in [1.29, 1.82) is 0 Å². The number of hydrogen-bond acceptors (Lipinski definition) is 0. The lowest BCUT2D eigenvalue weighted by Crippen LogP contribution is -2.67. The fourth-order valence-corrected chi connectivity index (χ4v) is 18.8. The molecule has 4 aromatic carbocycles. The lowest BCUT2D eigenvalue weighted by atomic mass is 10.2. The van der Waals surface area contributed by atoms with Gasteiger partial charge in [-0.25, -0.2) is 0 Å². The third-order valence-electron chi connectivity index (χ3n) is 7.52. The lowest BCUT2D eigenvalue weighted by Gasteiger charge is -2.44. The molecule has 0 amide bonds. The van der Waals surface area contributed by atoms with E-state index in [1.807, 2.05) is 0 Å². The third-order valence-corrected chi connectivity index (χ3v) is 18.8. The molecule has 0 aromatic heterocycles. The highest BCUT2D eigenvalue weighted by Crippen LogP contribution is 2.34. The van der Waals surface area contributed by atoms with E-state index in [1.165, 1.54) is 25.7 Å². The molecule has 0 fully saturated rings. The smallest absolute Gasteiger partial charge is 0.103 e. The van der Waals surface area contributed by atoms with Crippen molar-refractivity contribution in [3.8, 4) is 0 Å². The predicted octanol–water partition coefficient (Wildman–Crippen LogP) is 5.97. The number of benzene rings is 4. The Morgan fingerprint density at radius 1 is 0.657 bits per heavy atom. The summed E-state index contributed by atoms with van der Waals surface area (Å²) in [4.78, 5) is 0. The quantitative estimate of drug-likeness (QED) is 0.130. The van der Waals surface area contributed by atoms with Gasteiger partial charge in [-0.3, -0.25) is 0 Å². The zero-order valence-electron chi connectivity index (χ0n) is 21.0. The van der Waals surface area contributed by atoms with Crippen molar-refractivity contribution in [2.45, 2.75) is 43.8 Å². The molecule has 0 bridgehead atoms. The maximum Gasteiger partial charge on any atom is 0.122 e. The van der Waals surface area contributed by atoms with Gasteiger partial charge in [0, 0.05) is 0 Å². The first-order chi connectivity index (χ1) is 17.3. The second-order valence-electron chi connectivity index (χ2n) is 9.60.